The number of benzene rings is 2. The number of carbonyl (C=O) groups excluding carboxylic acids is 2. The Hall–Kier alpha value is -2.82. The molecule has 2 aromatic carbocycles. The number of likely N-dealkylation sites (N-methyl/N-ethyl adjacent to an activating group) is 1. The van der Waals surface area contributed by atoms with E-state index in [1.165, 1.54) is 0 Å². The van der Waals surface area contributed by atoms with Crippen molar-refractivity contribution in [3.63, 3.8) is 0 Å². The number of carbonyl (C=O) groups is 2. The van der Waals surface area contributed by atoms with E-state index in [4.69, 9.17) is 4.74 Å². The Balaban J connectivity index is 1.85. The second kappa shape index (κ2) is 9.40. The molecule has 0 saturated carbocycles. The molecule has 5 nitrogen and oxygen atoms in total. The minimum atomic E-state index is -0.247. The zero-order valence-corrected chi connectivity index (χ0v) is 17.4. The van der Waals surface area contributed by atoms with Crippen LogP contribution in [0.1, 0.15) is 49.2 Å². The van der Waals surface area contributed by atoms with Gasteiger partial charge in [-0.2, -0.15) is 0 Å². The third-order valence-electron chi connectivity index (χ3n) is 4.49. The van der Waals surface area contributed by atoms with Crippen molar-refractivity contribution in [2.75, 3.05) is 20.2 Å². The van der Waals surface area contributed by atoms with Gasteiger partial charge >= 0.3 is 0 Å². The van der Waals surface area contributed by atoms with E-state index in [0.29, 0.717) is 18.7 Å². The molecule has 0 aliphatic heterocycles. The van der Waals surface area contributed by atoms with E-state index >= 15 is 0 Å². The molecule has 150 valence electrons. The monoisotopic (exact) mass is 382 g/mol. The summed E-state index contributed by atoms with van der Waals surface area (Å²) in [4.78, 5) is 26.2. The molecule has 2 aromatic rings. The fourth-order valence-electron chi connectivity index (χ4n) is 2.73. The maximum atomic E-state index is 12.3. The number of nitrogens with zero attached hydrogens (tertiary/aromatic N) is 1. The molecule has 0 spiro atoms. The van der Waals surface area contributed by atoms with Crippen LogP contribution < -0.4 is 10.1 Å². The minimum Gasteiger partial charge on any atom is -0.494 e. The zero-order chi connectivity index (χ0) is 20.7. The highest BCUT2D eigenvalue weighted by Gasteiger charge is 2.15. The largest absolute Gasteiger partial charge is 0.494 e. The van der Waals surface area contributed by atoms with Gasteiger partial charge in [0.25, 0.3) is 5.91 Å². The van der Waals surface area contributed by atoms with Crippen molar-refractivity contribution >= 4 is 11.8 Å². The fraction of sp³-hybridized carbons (Fsp3) is 0.391. The van der Waals surface area contributed by atoms with Crippen molar-refractivity contribution in [2.45, 2.75) is 39.7 Å². The standard InChI is InChI=1S/C23H30N2O3/c1-6-28-20-13-7-17(8-14-20)16-25(5)21(26)15-24-22(27)18-9-11-19(12-10-18)23(2,3)4/h7-14H,6,15-16H2,1-5H3,(H,24,27). The average Bonchev–Trinajstić information content (AvgIpc) is 2.67. The molecule has 0 aromatic heterocycles. The fourth-order valence-corrected chi connectivity index (χ4v) is 2.73. The Bertz CT molecular complexity index is 790. The molecule has 0 unspecified atom stereocenters. The lowest BCUT2D eigenvalue weighted by Crippen LogP contribution is -2.37. The van der Waals surface area contributed by atoms with Crippen LogP contribution >= 0.6 is 0 Å². The van der Waals surface area contributed by atoms with Gasteiger partial charge in [0.1, 0.15) is 5.75 Å². The molecule has 1 N–H and O–H groups in total. The normalized spacial score (nSPS) is 11.0. The molecular formula is C23H30N2O3. The van der Waals surface area contributed by atoms with Crippen LogP contribution in [0.4, 0.5) is 0 Å². The molecule has 0 bridgehead atoms. The van der Waals surface area contributed by atoms with Crippen LogP contribution in [0.2, 0.25) is 0 Å². The third kappa shape index (κ3) is 6.12. The second-order valence-corrected chi connectivity index (χ2v) is 7.84. The van der Waals surface area contributed by atoms with E-state index in [1.54, 1.807) is 24.1 Å². The maximum absolute atomic E-state index is 12.3. The first-order chi connectivity index (χ1) is 13.2. The van der Waals surface area contributed by atoms with Gasteiger partial charge in [-0.05, 0) is 47.7 Å². The Morgan fingerprint density at radius 3 is 2.14 bits per heavy atom. The van der Waals surface area contributed by atoms with Crippen molar-refractivity contribution < 1.29 is 14.3 Å². The summed E-state index contributed by atoms with van der Waals surface area (Å²) in [5.74, 6) is 0.418. The summed E-state index contributed by atoms with van der Waals surface area (Å²) in [6.07, 6.45) is 0. The summed E-state index contributed by atoms with van der Waals surface area (Å²) in [6.45, 7) is 9.38. The van der Waals surface area contributed by atoms with Gasteiger partial charge < -0.3 is 15.0 Å². The summed E-state index contributed by atoms with van der Waals surface area (Å²) in [5.41, 5.74) is 2.75. The number of rotatable bonds is 7. The van der Waals surface area contributed by atoms with Crippen LogP contribution in [-0.4, -0.2) is 36.9 Å². The molecule has 0 fully saturated rings. The Morgan fingerprint density at radius 2 is 1.61 bits per heavy atom. The van der Waals surface area contributed by atoms with Crippen LogP contribution in [0, 0.1) is 0 Å². The topological polar surface area (TPSA) is 58.6 Å². The summed E-state index contributed by atoms with van der Waals surface area (Å²) in [7, 11) is 1.73. The SMILES string of the molecule is CCOc1ccc(CN(C)C(=O)CNC(=O)c2ccc(C(C)(C)C)cc2)cc1. The Morgan fingerprint density at radius 1 is 1.00 bits per heavy atom. The van der Waals surface area contributed by atoms with Crippen molar-refractivity contribution in [1.82, 2.24) is 10.2 Å². The van der Waals surface area contributed by atoms with E-state index in [0.717, 1.165) is 16.9 Å². The zero-order valence-electron chi connectivity index (χ0n) is 17.4. The quantitative estimate of drug-likeness (QED) is 0.793. The third-order valence-corrected chi connectivity index (χ3v) is 4.49. The number of hydrogen-bond donors (Lipinski definition) is 1. The predicted molar refractivity (Wildman–Crippen MR) is 112 cm³/mol. The molecule has 0 heterocycles. The first-order valence-electron chi connectivity index (χ1n) is 9.55. The van der Waals surface area contributed by atoms with Crippen molar-refractivity contribution in [3.05, 3.63) is 65.2 Å². The van der Waals surface area contributed by atoms with E-state index in [-0.39, 0.29) is 23.8 Å². The van der Waals surface area contributed by atoms with E-state index in [1.807, 2.05) is 43.3 Å². The minimum absolute atomic E-state index is 0.0343. The van der Waals surface area contributed by atoms with Crippen LogP contribution in [0.5, 0.6) is 5.75 Å². The molecule has 5 heteroatoms. The molecule has 28 heavy (non-hydrogen) atoms. The summed E-state index contributed by atoms with van der Waals surface area (Å²) in [5, 5.41) is 2.70. The van der Waals surface area contributed by atoms with Crippen LogP contribution in [0.3, 0.4) is 0 Å². The second-order valence-electron chi connectivity index (χ2n) is 7.84. The van der Waals surface area contributed by atoms with Gasteiger partial charge in [0.2, 0.25) is 5.91 Å². The average molecular weight is 383 g/mol. The number of amides is 2. The van der Waals surface area contributed by atoms with Gasteiger partial charge in [-0.1, -0.05) is 45.0 Å². The van der Waals surface area contributed by atoms with Gasteiger partial charge in [-0.3, -0.25) is 9.59 Å². The Labute approximate surface area is 167 Å². The van der Waals surface area contributed by atoms with Crippen LogP contribution in [0.25, 0.3) is 0 Å². The molecule has 2 rings (SSSR count). The first-order valence-corrected chi connectivity index (χ1v) is 9.55. The van der Waals surface area contributed by atoms with Crippen molar-refractivity contribution in [2.24, 2.45) is 0 Å². The number of hydrogen-bond acceptors (Lipinski definition) is 3. The molecule has 0 aliphatic rings. The van der Waals surface area contributed by atoms with E-state index < -0.39 is 0 Å². The molecule has 0 saturated heterocycles. The van der Waals surface area contributed by atoms with E-state index in [9.17, 15) is 9.59 Å². The van der Waals surface area contributed by atoms with Gasteiger partial charge in [0.05, 0.1) is 13.2 Å². The maximum Gasteiger partial charge on any atom is 0.251 e. The lowest BCUT2D eigenvalue weighted by atomic mass is 9.87. The van der Waals surface area contributed by atoms with Gasteiger partial charge in [-0.25, -0.2) is 0 Å². The Kier molecular flexibility index (Phi) is 7.21. The molecule has 0 aliphatic carbocycles. The highest BCUT2D eigenvalue weighted by atomic mass is 16.5. The summed E-state index contributed by atoms with van der Waals surface area (Å²) >= 11 is 0. The molecule has 0 radical (unpaired) electrons. The van der Waals surface area contributed by atoms with Crippen molar-refractivity contribution in [1.29, 1.82) is 0 Å². The lowest BCUT2D eigenvalue weighted by Gasteiger charge is -2.19. The van der Waals surface area contributed by atoms with Crippen molar-refractivity contribution in [3.8, 4) is 5.75 Å². The van der Waals surface area contributed by atoms with Gasteiger partial charge in [0, 0.05) is 19.2 Å². The predicted octanol–water partition coefficient (Wildman–Crippen LogP) is 3.77. The summed E-state index contributed by atoms with van der Waals surface area (Å²) < 4.78 is 5.42. The molecular weight excluding hydrogens is 352 g/mol. The number of ether oxygens (including phenoxy) is 1. The number of nitrogens with one attached hydrogen (secondary N) is 1. The highest BCUT2D eigenvalue weighted by Crippen LogP contribution is 2.22. The lowest BCUT2D eigenvalue weighted by molar-refractivity contribution is -0.129. The van der Waals surface area contributed by atoms with Gasteiger partial charge in [-0.15, -0.1) is 0 Å². The van der Waals surface area contributed by atoms with Crippen LogP contribution in [-0.2, 0) is 16.8 Å². The van der Waals surface area contributed by atoms with Crippen LogP contribution in [0.15, 0.2) is 48.5 Å². The molecule has 0 atom stereocenters. The molecule has 2 amide bonds. The first kappa shape index (κ1) is 21.5. The van der Waals surface area contributed by atoms with Gasteiger partial charge in [0.15, 0.2) is 0 Å². The summed E-state index contributed by atoms with van der Waals surface area (Å²) in [6, 6.07) is 15.1. The highest BCUT2D eigenvalue weighted by molar-refractivity contribution is 5.96. The smallest absolute Gasteiger partial charge is 0.251 e. The van der Waals surface area contributed by atoms with E-state index in [2.05, 4.69) is 26.1 Å².